The SMILES string of the molecule is O=C1CN([C@@H]2CC(O)[C@H](CNC(c3ccccc3)(c3ccccc3)c3ccccc3)O2)C(=O)N1. The van der Waals surface area contributed by atoms with Crippen molar-refractivity contribution >= 4 is 11.9 Å². The van der Waals surface area contributed by atoms with Crippen LogP contribution in [0.3, 0.4) is 0 Å². The average molecular weight is 458 g/mol. The van der Waals surface area contributed by atoms with Crippen LogP contribution in [0.1, 0.15) is 23.1 Å². The molecule has 0 spiro atoms. The number of aliphatic hydroxyl groups excluding tert-OH is 1. The first-order valence-electron chi connectivity index (χ1n) is 11.4. The second-order valence-corrected chi connectivity index (χ2v) is 8.64. The van der Waals surface area contributed by atoms with E-state index in [4.69, 9.17) is 4.74 Å². The Hall–Kier alpha value is -3.52. The Kier molecular flexibility index (Phi) is 6.15. The normalized spacial score (nSPS) is 22.7. The van der Waals surface area contributed by atoms with E-state index in [9.17, 15) is 14.7 Å². The third kappa shape index (κ3) is 4.09. The number of aliphatic hydroxyl groups is 1. The number of urea groups is 1. The summed E-state index contributed by atoms with van der Waals surface area (Å²) in [5.41, 5.74) is 2.48. The van der Waals surface area contributed by atoms with Gasteiger partial charge in [-0.3, -0.25) is 20.3 Å². The Labute approximate surface area is 198 Å². The minimum atomic E-state index is -0.777. The highest BCUT2D eigenvalue weighted by atomic mass is 16.5. The molecular formula is C27H27N3O4. The summed E-state index contributed by atoms with van der Waals surface area (Å²) in [5, 5.41) is 16.8. The van der Waals surface area contributed by atoms with Gasteiger partial charge in [-0.1, -0.05) is 91.0 Å². The van der Waals surface area contributed by atoms with Crippen LogP contribution in [0.15, 0.2) is 91.0 Å². The van der Waals surface area contributed by atoms with Gasteiger partial charge in [0.05, 0.1) is 17.7 Å². The zero-order valence-electron chi connectivity index (χ0n) is 18.6. The van der Waals surface area contributed by atoms with Gasteiger partial charge in [-0.25, -0.2) is 4.79 Å². The largest absolute Gasteiger partial charge is 0.390 e. The van der Waals surface area contributed by atoms with Gasteiger partial charge in [0.25, 0.3) is 0 Å². The average Bonchev–Trinajstić information content (AvgIpc) is 3.42. The number of hydrogen-bond donors (Lipinski definition) is 3. The van der Waals surface area contributed by atoms with E-state index in [1.165, 1.54) is 4.90 Å². The van der Waals surface area contributed by atoms with Crippen LogP contribution in [-0.4, -0.2) is 53.5 Å². The first-order valence-corrected chi connectivity index (χ1v) is 11.4. The molecule has 2 aliphatic rings. The summed E-state index contributed by atoms with van der Waals surface area (Å²) in [6.07, 6.45) is -1.72. The van der Waals surface area contributed by atoms with E-state index in [2.05, 4.69) is 47.0 Å². The fraction of sp³-hybridized carbons (Fsp3) is 0.259. The summed E-state index contributed by atoms with van der Waals surface area (Å²) in [5.74, 6) is -0.360. The quantitative estimate of drug-likeness (QED) is 0.375. The lowest BCUT2D eigenvalue weighted by Gasteiger charge is -2.38. The van der Waals surface area contributed by atoms with Crippen LogP contribution >= 0.6 is 0 Å². The maximum atomic E-state index is 12.1. The lowest BCUT2D eigenvalue weighted by Crippen LogP contribution is -2.49. The Morgan fingerprint density at radius 3 is 1.82 bits per heavy atom. The number of ether oxygens (including phenoxy) is 1. The number of nitrogens with zero attached hydrogens (tertiary/aromatic N) is 1. The zero-order valence-corrected chi connectivity index (χ0v) is 18.6. The van der Waals surface area contributed by atoms with Gasteiger partial charge < -0.3 is 9.84 Å². The minimum Gasteiger partial charge on any atom is -0.390 e. The number of nitrogens with one attached hydrogen (secondary N) is 2. The monoisotopic (exact) mass is 457 g/mol. The minimum absolute atomic E-state index is 0.0572. The molecule has 2 heterocycles. The summed E-state index contributed by atoms with van der Waals surface area (Å²) in [4.78, 5) is 25.0. The van der Waals surface area contributed by atoms with Crippen molar-refractivity contribution in [2.24, 2.45) is 0 Å². The van der Waals surface area contributed by atoms with Gasteiger partial charge in [-0.15, -0.1) is 0 Å². The maximum absolute atomic E-state index is 12.1. The Balaban J connectivity index is 1.47. The van der Waals surface area contributed by atoms with E-state index in [0.717, 1.165) is 16.7 Å². The van der Waals surface area contributed by atoms with Crippen molar-refractivity contribution in [1.82, 2.24) is 15.5 Å². The third-order valence-corrected chi connectivity index (χ3v) is 6.56. The fourth-order valence-corrected chi connectivity index (χ4v) is 4.91. The van der Waals surface area contributed by atoms with E-state index in [1.54, 1.807) is 0 Å². The van der Waals surface area contributed by atoms with Crippen molar-refractivity contribution in [2.45, 2.75) is 30.4 Å². The van der Waals surface area contributed by atoms with Crippen molar-refractivity contribution in [1.29, 1.82) is 0 Å². The molecule has 0 radical (unpaired) electrons. The molecule has 3 aromatic carbocycles. The molecule has 34 heavy (non-hydrogen) atoms. The zero-order chi connectivity index (χ0) is 23.5. The molecule has 3 atom stereocenters. The molecule has 3 amide bonds. The molecule has 3 aromatic rings. The van der Waals surface area contributed by atoms with Gasteiger partial charge in [0.2, 0.25) is 5.91 Å². The first kappa shape index (κ1) is 22.3. The van der Waals surface area contributed by atoms with E-state index in [0.29, 0.717) is 6.54 Å². The maximum Gasteiger partial charge on any atom is 0.326 e. The molecule has 0 aliphatic carbocycles. The van der Waals surface area contributed by atoms with Gasteiger partial charge in [-0.05, 0) is 16.7 Å². The van der Waals surface area contributed by atoms with E-state index in [1.807, 2.05) is 54.6 Å². The molecule has 5 rings (SSSR count). The Bertz CT molecular complexity index is 1040. The lowest BCUT2D eigenvalue weighted by molar-refractivity contribution is -0.119. The van der Waals surface area contributed by atoms with Crippen LogP contribution in [-0.2, 0) is 15.1 Å². The summed E-state index contributed by atoms with van der Waals surface area (Å²) in [7, 11) is 0. The standard InChI is InChI=1S/C27H27N3O4/c31-22-16-25(30-18-24(32)29-26(30)33)34-23(22)17-28-27(19-10-4-1-5-11-19,20-12-6-2-7-13-20)21-14-8-3-9-15-21/h1-15,22-23,25,28,31H,16-18H2,(H,29,32,33)/t22?,23-,25-/m0/s1. The van der Waals surface area contributed by atoms with E-state index in [-0.39, 0.29) is 18.9 Å². The summed E-state index contributed by atoms with van der Waals surface area (Å²) < 4.78 is 6.08. The van der Waals surface area contributed by atoms with Gasteiger partial charge in [0, 0.05) is 13.0 Å². The van der Waals surface area contributed by atoms with Crippen LogP contribution in [0.4, 0.5) is 4.79 Å². The van der Waals surface area contributed by atoms with Gasteiger partial charge in [0.15, 0.2) is 0 Å². The first-order chi connectivity index (χ1) is 16.6. The second-order valence-electron chi connectivity index (χ2n) is 8.64. The van der Waals surface area contributed by atoms with E-state index < -0.39 is 30.0 Å². The number of carbonyl (C=O) groups excluding carboxylic acids is 2. The smallest absolute Gasteiger partial charge is 0.326 e. The van der Waals surface area contributed by atoms with E-state index >= 15 is 0 Å². The van der Waals surface area contributed by atoms with Crippen molar-refractivity contribution < 1.29 is 19.4 Å². The highest BCUT2D eigenvalue weighted by molar-refractivity contribution is 6.02. The molecule has 3 N–H and O–H groups in total. The van der Waals surface area contributed by atoms with Crippen molar-refractivity contribution in [3.63, 3.8) is 0 Å². The lowest BCUT2D eigenvalue weighted by atomic mass is 9.77. The molecule has 7 heteroatoms. The Morgan fingerprint density at radius 2 is 1.38 bits per heavy atom. The predicted octanol–water partition coefficient (Wildman–Crippen LogP) is 2.60. The molecule has 2 saturated heterocycles. The molecular weight excluding hydrogens is 430 g/mol. The van der Waals surface area contributed by atoms with Gasteiger partial charge >= 0.3 is 6.03 Å². The predicted molar refractivity (Wildman–Crippen MR) is 127 cm³/mol. The van der Waals surface area contributed by atoms with Gasteiger partial charge in [-0.2, -0.15) is 0 Å². The number of benzene rings is 3. The van der Waals surface area contributed by atoms with Crippen LogP contribution in [0.5, 0.6) is 0 Å². The molecule has 2 fully saturated rings. The molecule has 0 bridgehead atoms. The number of hydrogen-bond acceptors (Lipinski definition) is 5. The molecule has 7 nitrogen and oxygen atoms in total. The van der Waals surface area contributed by atoms with Crippen molar-refractivity contribution in [3.05, 3.63) is 108 Å². The van der Waals surface area contributed by atoms with Crippen LogP contribution in [0, 0.1) is 0 Å². The van der Waals surface area contributed by atoms with Gasteiger partial charge in [0.1, 0.15) is 12.8 Å². The number of carbonyl (C=O) groups is 2. The van der Waals surface area contributed by atoms with Crippen LogP contribution < -0.4 is 10.6 Å². The Morgan fingerprint density at radius 1 is 0.882 bits per heavy atom. The highest BCUT2D eigenvalue weighted by Crippen LogP contribution is 2.37. The molecule has 174 valence electrons. The number of imide groups is 1. The number of amides is 3. The topological polar surface area (TPSA) is 90.9 Å². The molecule has 0 aromatic heterocycles. The molecule has 2 aliphatic heterocycles. The summed E-state index contributed by atoms with van der Waals surface area (Å²) in [6.45, 7) is 0.276. The molecule has 1 unspecified atom stereocenters. The summed E-state index contributed by atoms with van der Waals surface area (Å²) in [6, 6.07) is 30.1. The second kappa shape index (κ2) is 9.38. The molecule has 0 saturated carbocycles. The van der Waals surface area contributed by atoms with Crippen molar-refractivity contribution in [2.75, 3.05) is 13.1 Å². The van der Waals surface area contributed by atoms with Crippen LogP contribution in [0.2, 0.25) is 0 Å². The van der Waals surface area contributed by atoms with Crippen LogP contribution in [0.25, 0.3) is 0 Å². The van der Waals surface area contributed by atoms with Crippen molar-refractivity contribution in [3.8, 4) is 0 Å². The summed E-state index contributed by atoms with van der Waals surface area (Å²) >= 11 is 0. The third-order valence-electron chi connectivity index (χ3n) is 6.56. The fourth-order valence-electron chi connectivity index (χ4n) is 4.91. The highest BCUT2D eigenvalue weighted by Gasteiger charge is 2.44. The number of rotatable bonds is 7.